The highest BCUT2D eigenvalue weighted by Gasteiger charge is 2.35. The third kappa shape index (κ3) is 6.70. The van der Waals surface area contributed by atoms with Crippen molar-refractivity contribution in [1.29, 1.82) is 0 Å². The number of fused-ring (bicyclic) bond motifs is 1. The van der Waals surface area contributed by atoms with Crippen molar-refractivity contribution < 1.29 is 18.7 Å². The normalized spacial score (nSPS) is 20.6. The number of nitrogens with one attached hydrogen (secondary N) is 1. The van der Waals surface area contributed by atoms with E-state index in [4.69, 9.17) is 9.47 Å². The molecule has 2 aromatic rings. The summed E-state index contributed by atoms with van der Waals surface area (Å²) in [6.45, 7) is 9.22. The summed E-state index contributed by atoms with van der Waals surface area (Å²) >= 11 is 0. The molecule has 0 saturated carbocycles. The van der Waals surface area contributed by atoms with Gasteiger partial charge in [-0.25, -0.2) is 9.18 Å². The van der Waals surface area contributed by atoms with Crippen molar-refractivity contribution >= 4 is 6.03 Å². The Balaban J connectivity index is 1.40. The highest BCUT2D eigenvalue weighted by atomic mass is 19.1. The molecule has 2 aliphatic rings. The molecule has 4 rings (SSSR count). The zero-order chi connectivity index (χ0) is 23.9. The molecule has 2 saturated heterocycles. The van der Waals surface area contributed by atoms with Crippen LogP contribution in [0.25, 0.3) is 0 Å². The number of morpholine rings is 1. The van der Waals surface area contributed by atoms with Gasteiger partial charge in [-0.05, 0) is 54.2 Å². The lowest BCUT2D eigenvalue weighted by atomic mass is 9.95. The lowest BCUT2D eigenvalue weighted by Gasteiger charge is -2.45. The lowest BCUT2D eigenvalue weighted by molar-refractivity contribution is -0.0398. The van der Waals surface area contributed by atoms with Crippen LogP contribution in [0.3, 0.4) is 0 Å². The average molecular weight is 470 g/mol. The smallest absolute Gasteiger partial charge is 0.318 e. The number of urea groups is 1. The van der Waals surface area contributed by atoms with Crippen LogP contribution in [0.5, 0.6) is 5.75 Å². The molecular formula is C27H36FN3O3. The Morgan fingerprint density at radius 1 is 1.15 bits per heavy atom. The molecule has 0 aromatic heterocycles. The maximum atomic E-state index is 13.4. The van der Waals surface area contributed by atoms with Crippen LogP contribution in [0.2, 0.25) is 0 Å². The quantitative estimate of drug-likeness (QED) is 0.621. The van der Waals surface area contributed by atoms with Crippen LogP contribution in [-0.4, -0.2) is 60.8 Å². The van der Waals surface area contributed by atoms with Crippen molar-refractivity contribution in [3.05, 3.63) is 65.5 Å². The fourth-order valence-corrected chi connectivity index (χ4v) is 4.63. The molecule has 0 aliphatic carbocycles. The fourth-order valence-electron chi connectivity index (χ4n) is 4.63. The van der Waals surface area contributed by atoms with Gasteiger partial charge in [0.1, 0.15) is 11.6 Å². The van der Waals surface area contributed by atoms with Gasteiger partial charge in [-0.1, -0.05) is 38.1 Å². The summed E-state index contributed by atoms with van der Waals surface area (Å²) < 4.78 is 24.9. The van der Waals surface area contributed by atoms with E-state index in [-0.39, 0.29) is 17.9 Å². The van der Waals surface area contributed by atoms with Gasteiger partial charge in [-0.15, -0.1) is 0 Å². The first-order valence-corrected chi connectivity index (χ1v) is 12.3. The van der Waals surface area contributed by atoms with Crippen LogP contribution in [0.1, 0.15) is 37.8 Å². The number of nitrogens with zero attached hydrogens (tertiary/aromatic N) is 2. The summed E-state index contributed by atoms with van der Waals surface area (Å²) in [6, 6.07) is 14.6. The molecule has 2 aromatic carbocycles. The molecule has 0 bridgehead atoms. The van der Waals surface area contributed by atoms with Crippen molar-refractivity contribution in [1.82, 2.24) is 15.1 Å². The third-order valence-corrected chi connectivity index (χ3v) is 6.56. The maximum Gasteiger partial charge on any atom is 0.318 e. The maximum absolute atomic E-state index is 13.4. The molecule has 6 nitrogen and oxygen atoms in total. The van der Waals surface area contributed by atoms with Gasteiger partial charge < -0.3 is 19.7 Å². The van der Waals surface area contributed by atoms with Gasteiger partial charge in [0, 0.05) is 38.3 Å². The number of carbonyl (C=O) groups excluding carboxylic acids is 1. The van der Waals surface area contributed by atoms with Crippen molar-refractivity contribution in [3.8, 4) is 5.75 Å². The van der Waals surface area contributed by atoms with Gasteiger partial charge in [0.25, 0.3) is 0 Å². The van der Waals surface area contributed by atoms with E-state index < -0.39 is 0 Å². The molecule has 2 amide bonds. The van der Waals surface area contributed by atoms with E-state index in [0.717, 1.165) is 49.4 Å². The molecule has 0 unspecified atom stereocenters. The first-order valence-electron chi connectivity index (χ1n) is 12.3. The van der Waals surface area contributed by atoms with Crippen molar-refractivity contribution in [2.24, 2.45) is 5.92 Å². The highest BCUT2D eigenvalue weighted by molar-refractivity contribution is 5.74. The van der Waals surface area contributed by atoms with E-state index in [1.54, 1.807) is 12.1 Å². The van der Waals surface area contributed by atoms with E-state index in [2.05, 4.69) is 24.1 Å². The number of piperidine rings is 1. The summed E-state index contributed by atoms with van der Waals surface area (Å²) in [5.41, 5.74) is 1.94. The van der Waals surface area contributed by atoms with Crippen molar-refractivity contribution in [2.75, 3.05) is 32.9 Å². The molecule has 0 spiro atoms. The minimum atomic E-state index is -0.270. The third-order valence-electron chi connectivity index (χ3n) is 6.56. The van der Waals surface area contributed by atoms with Crippen LogP contribution in [-0.2, 0) is 17.8 Å². The Hall–Kier alpha value is -2.64. The van der Waals surface area contributed by atoms with Gasteiger partial charge in [0.05, 0.1) is 19.8 Å². The van der Waals surface area contributed by atoms with E-state index >= 15 is 0 Å². The SMILES string of the molecule is CC(C)COc1ccc(CNC(=O)N(Cc2ccc(F)cc2)[C@@H]2CCN3CCOC[C@@H]3C2)cc1. The second kappa shape index (κ2) is 11.7. The number of halogens is 1. The first-order chi connectivity index (χ1) is 16.5. The monoisotopic (exact) mass is 469 g/mol. The van der Waals surface area contributed by atoms with Crippen LogP contribution in [0.4, 0.5) is 9.18 Å². The molecule has 184 valence electrons. The van der Waals surface area contributed by atoms with Crippen LogP contribution >= 0.6 is 0 Å². The molecule has 34 heavy (non-hydrogen) atoms. The van der Waals surface area contributed by atoms with E-state index in [1.807, 2.05) is 29.2 Å². The zero-order valence-corrected chi connectivity index (χ0v) is 20.2. The Morgan fingerprint density at radius 2 is 1.88 bits per heavy atom. The highest BCUT2D eigenvalue weighted by Crippen LogP contribution is 2.26. The minimum absolute atomic E-state index is 0.0976. The number of carbonyl (C=O) groups is 1. The van der Waals surface area contributed by atoms with Gasteiger partial charge in [0.15, 0.2) is 0 Å². The Bertz CT molecular complexity index is 920. The largest absolute Gasteiger partial charge is 0.493 e. The predicted molar refractivity (Wildman–Crippen MR) is 130 cm³/mol. The van der Waals surface area contributed by atoms with E-state index in [0.29, 0.717) is 38.3 Å². The van der Waals surface area contributed by atoms with Gasteiger partial charge in [-0.3, -0.25) is 4.90 Å². The van der Waals surface area contributed by atoms with Crippen LogP contribution < -0.4 is 10.1 Å². The van der Waals surface area contributed by atoms with Gasteiger partial charge in [-0.2, -0.15) is 0 Å². The number of ether oxygens (including phenoxy) is 2. The second-order valence-electron chi connectivity index (χ2n) is 9.70. The molecule has 2 fully saturated rings. The Kier molecular flexibility index (Phi) is 8.40. The van der Waals surface area contributed by atoms with Crippen molar-refractivity contribution in [2.45, 2.75) is 51.9 Å². The van der Waals surface area contributed by atoms with E-state index in [1.165, 1.54) is 12.1 Å². The fraction of sp³-hybridized carbons (Fsp3) is 0.519. The topological polar surface area (TPSA) is 54.0 Å². The summed E-state index contributed by atoms with van der Waals surface area (Å²) in [7, 11) is 0. The number of hydrogen-bond donors (Lipinski definition) is 1. The molecule has 7 heteroatoms. The van der Waals surface area contributed by atoms with Crippen LogP contribution in [0, 0.1) is 11.7 Å². The summed E-state index contributed by atoms with van der Waals surface area (Å²) in [5, 5.41) is 3.10. The minimum Gasteiger partial charge on any atom is -0.493 e. The van der Waals surface area contributed by atoms with Crippen LogP contribution in [0.15, 0.2) is 48.5 Å². The standard InChI is InChI=1S/C27H36FN3O3/c1-20(2)18-34-26-9-5-21(6-10-26)16-29-27(32)31(17-22-3-7-23(28)8-4-22)24-11-12-30-13-14-33-19-25(30)15-24/h3-10,20,24-25H,11-19H2,1-2H3,(H,29,32)/t24-,25+/m1/s1. The second-order valence-corrected chi connectivity index (χ2v) is 9.70. The summed E-state index contributed by atoms with van der Waals surface area (Å²) in [4.78, 5) is 17.7. The average Bonchev–Trinajstić information content (AvgIpc) is 2.86. The molecule has 2 heterocycles. The zero-order valence-electron chi connectivity index (χ0n) is 20.2. The predicted octanol–water partition coefficient (Wildman–Crippen LogP) is 4.44. The van der Waals surface area contributed by atoms with Gasteiger partial charge >= 0.3 is 6.03 Å². The summed E-state index contributed by atoms with van der Waals surface area (Å²) in [6.07, 6.45) is 1.81. The number of rotatable bonds is 8. The molecular weight excluding hydrogens is 433 g/mol. The van der Waals surface area contributed by atoms with Crippen molar-refractivity contribution in [3.63, 3.8) is 0 Å². The lowest BCUT2D eigenvalue weighted by Crippen LogP contribution is -2.56. The van der Waals surface area contributed by atoms with E-state index in [9.17, 15) is 9.18 Å². The first kappa shape index (κ1) is 24.5. The molecule has 1 N–H and O–H groups in total. The number of benzene rings is 2. The summed E-state index contributed by atoms with van der Waals surface area (Å²) in [5.74, 6) is 1.04. The Morgan fingerprint density at radius 3 is 2.62 bits per heavy atom. The Labute approximate surface area is 202 Å². The number of hydrogen-bond acceptors (Lipinski definition) is 4. The molecule has 0 radical (unpaired) electrons. The number of amides is 2. The molecule has 2 aliphatic heterocycles. The molecule has 2 atom stereocenters. The van der Waals surface area contributed by atoms with Gasteiger partial charge in [0.2, 0.25) is 0 Å².